The van der Waals surface area contributed by atoms with E-state index in [0.717, 1.165) is 19.2 Å². The Morgan fingerprint density at radius 3 is 2.27 bits per heavy atom. The van der Waals surface area contributed by atoms with Crippen molar-refractivity contribution in [3.8, 4) is 11.5 Å². The predicted molar refractivity (Wildman–Crippen MR) is 52.5 cm³/mol. The van der Waals surface area contributed by atoms with Crippen LogP contribution in [0.1, 0.15) is 0 Å². The number of ether oxygens (including phenoxy) is 2. The lowest BCUT2D eigenvalue weighted by Crippen LogP contribution is -2.00. The molecule has 0 amide bonds. The maximum Gasteiger partial charge on any atom is 0.265 e. The van der Waals surface area contributed by atoms with Gasteiger partial charge in [0.1, 0.15) is 4.90 Å². The van der Waals surface area contributed by atoms with Gasteiger partial charge in [-0.1, -0.05) is 0 Å². The largest absolute Gasteiger partial charge is 0.494 e. The zero-order valence-corrected chi connectivity index (χ0v) is 9.52. The molecule has 0 spiro atoms. The standard InChI is InChI=1S/C8H8ClFO4S/c1-13-5-3-4-6(15(9,11)12)8(14-2)7(5)10/h3-4H,1-2H3. The van der Waals surface area contributed by atoms with Crippen LogP contribution in [0, 0.1) is 5.82 Å². The second kappa shape index (κ2) is 4.24. The molecule has 4 nitrogen and oxygen atoms in total. The molecule has 0 bridgehead atoms. The van der Waals surface area contributed by atoms with E-state index in [9.17, 15) is 12.8 Å². The van der Waals surface area contributed by atoms with Gasteiger partial charge in [-0.05, 0) is 12.1 Å². The van der Waals surface area contributed by atoms with Crippen LogP contribution in [0.3, 0.4) is 0 Å². The average molecular weight is 255 g/mol. The summed E-state index contributed by atoms with van der Waals surface area (Å²) in [7, 11) is 3.45. The van der Waals surface area contributed by atoms with Gasteiger partial charge in [-0.15, -0.1) is 0 Å². The summed E-state index contributed by atoms with van der Waals surface area (Å²) < 4.78 is 44.9. The smallest absolute Gasteiger partial charge is 0.265 e. The SMILES string of the molecule is COc1ccc(S(=O)(=O)Cl)c(OC)c1F. The van der Waals surface area contributed by atoms with Gasteiger partial charge in [0.05, 0.1) is 14.2 Å². The van der Waals surface area contributed by atoms with Gasteiger partial charge in [0, 0.05) is 10.7 Å². The van der Waals surface area contributed by atoms with Crippen molar-refractivity contribution in [3.05, 3.63) is 17.9 Å². The minimum atomic E-state index is -4.04. The van der Waals surface area contributed by atoms with Crippen LogP contribution in [0.4, 0.5) is 4.39 Å². The zero-order valence-electron chi connectivity index (χ0n) is 7.95. The van der Waals surface area contributed by atoms with E-state index in [-0.39, 0.29) is 5.75 Å². The van der Waals surface area contributed by atoms with Crippen molar-refractivity contribution in [3.63, 3.8) is 0 Å². The Kier molecular flexibility index (Phi) is 3.41. The molecule has 0 aromatic heterocycles. The van der Waals surface area contributed by atoms with Crippen molar-refractivity contribution in [2.45, 2.75) is 4.90 Å². The summed E-state index contributed by atoms with van der Waals surface area (Å²) in [5.74, 6) is -1.47. The fraction of sp³-hybridized carbons (Fsp3) is 0.250. The van der Waals surface area contributed by atoms with Gasteiger partial charge in [-0.2, -0.15) is 4.39 Å². The molecule has 1 aromatic carbocycles. The first kappa shape index (κ1) is 12.1. The van der Waals surface area contributed by atoms with E-state index in [1.54, 1.807) is 0 Å². The molecule has 0 aliphatic carbocycles. The fourth-order valence-corrected chi connectivity index (χ4v) is 2.05. The van der Waals surface area contributed by atoms with Crippen LogP contribution in [0.15, 0.2) is 17.0 Å². The van der Waals surface area contributed by atoms with Crippen molar-refractivity contribution >= 4 is 19.7 Å². The van der Waals surface area contributed by atoms with E-state index in [2.05, 4.69) is 9.47 Å². The lowest BCUT2D eigenvalue weighted by Gasteiger charge is -2.09. The minimum absolute atomic E-state index is 0.115. The molecule has 7 heteroatoms. The lowest BCUT2D eigenvalue weighted by molar-refractivity contribution is 0.343. The molecule has 0 fully saturated rings. The molecule has 0 radical (unpaired) electrons. The summed E-state index contributed by atoms with van der Waals surface area (Å²) in [4.78, 5) is -0.426. The summed E-state index contributed by atoms with van der Waals surface area (Å²) in [5.41, 5.74) is 0. The molecule has 0 atom stereocenters. The van der Waals surface area contributed by atoms with E-state index in [4.69, 9.17) is 10.7 Å². The number of hydrogen-bond acceptors (Lipinski definition) is 4. The highest BCUT2D eigenvalue weighted by Crippen LogP contribution is 2.34. The van der Waals surface area contributed by atoms with Crippen molar-refractivity contribution in [1.82, 2.24) is 0 Å². The average Bonchev–Trinajstić information content (AvgIpc) is 2.15. The van der Waals surface area contributed by atoms with Crippen LogP contribution in [0.5, 0.6) is 11.5 Å². The Labute approximate surface area is 91.0 Å². The van der Waals surface area contributed by atoms with Gasteiger partial charge in [0.15, 0.2) is 11.5 Å². The summed E-state index contributed by atoms with van der Waals surface area (Å²) >= 11 is 0. The van der Waals surface area contributed by atoms with Crippen LogP contribution in [-0.2, 0) is 9.05 Å². The van der Waals surface area contributed by atoms with E-state index in [1.807, 2.05) is 0 Å². The van der Waals surface area contributed by atoms with Crippen LogP contribution in [-0.4, -0.2) is 22.6 Å². The molecule has 0 heterocycles. The van der Waals surface area contributed by atoms with Crippen LogP contribution < -0.4 is 9.47 Å². The Hall–Kier alpha value is -1.01. The number of hydrogen-bond donors (Lipinski definition) is 0. The summed E-state index contributed by atoms with van der Waals surface area (Å²) in [6.45, 7) is 0. The molecule has 84 valence electrons. The van der Waals surface area contributed by atoms with Crippen molar-refractivity contribution in [1.29, 1.82) is 0 Å². The molecular weight excluding hydrogens is 247 g/mol. The van der Waals surface area contributed by atoms with E-state index in [0.29, 0.717) is 0 Å². The number of halogens is 2. The maximum absolute atomic E-state index is 13.5. The Morgan fingerprint density at radius 2 is 1.87 bits per heavy atom. The summed E-state index contributed by atoms with van der Waals surface area (Å²) in [6, 6.07) is 2.27. The third-order valence-corrected chi connectivity index (χ3v) is 3.06. The van der Waals surface area contributed by atoms with Gasteiger partial charge in [0.25, 0.3) is 9.05 Å². The molecule has 0 N–H and O–H groups in total. The quantitative estimate of drug-likeness (QED) is 0.772. The second-order valence-corrected chi connectivity index (χ2v) is 5.09. The normalized spacial score (nSPS) is 11.2. The molecular formula is C8H8ClFO4S. The number of rotatable bonds is 3. The molecule has 1 rings (SSSR count). The molecule has 0 unspecified atom stereocenters. The van der Waals surface area contributed by atoms with Crippen LogP contribution >= 0.6 is 10.7 Å². The molecule has 0 saturated carbocycles. The van der Waals surface area contributed by atoms with E-state index < -0.39 is 25.5 Å². The van der Waals surface area contributed by atoms with E-state index in [1.165, 1.54) is 7.11 Å². The third kappa shape index (κ3) is 2.32. The first-order valence-electron chi connectivity index (χ1n) is 3.77. The van der Waals surface area contributed by atoms with Crippen LogP contribution in [0.25, 0.3) is 0 Å². The van der Waals surface area contributed by atoms with Gasteiger partial charge < -0.3 is 9.47 Å². The first-order valence-corrected chi connectivity index (χ1v) is 6.08. The second-order valence-electron chi connectivity index (χ2n) is 2.55. The maximum atomic E-state index is 13.5. The Bertz CT molecular complexity index is 472. The topological polar surface area (TPSA) is 52.6 Å². The molecule has 0 saturated heterocycles. The fourth-order valence-electron chi connectivity index (χ4n) is 1.06. The molecule has 0 aliphatic heterocycles. The highest BCUT2D eigenvalue weighted by Gasteiger charge is 2.22. The van der Waals surface area contributed by atoms with Crippen molar-refractivity contribution in [2.24, 2.45) is 0 Å². The minimum Gasteiger partial charge on any atom is -0.494 e. The summed E-state index contributed by atoms with van der Waals surface area (Å²) in [5, 5.41) is 0. The van der Waals surface area contributed by atoms with Crippen molar-refractivity contribution < 1.29 is 22.3 Å². The molecule has 1 aromatic rings. The first-order chi connectivity index (χ1) is 6.91. The van der Waals surface area contributed by atoms with Crippen LogP contribution in [0.2, 0.25) is 0 Å². The van der Waals surface area contributed by atoms with Crippen molar-refractivity contribution in [2.75, 3.05) is 14.2 Å². The molecule has 15 heavy (non-hydrogen) atoms. The van der Waals surface area contributed by atoms with Gasteiger partial charge in [0.2, 0.25) is 5.82 Å². The third-order valence-electron chi connectivity index (χ3n) is 1.71. The van der Waals surface area contributed by atoms with Gasteiger partial charge in [-0.3, -0.25) is 0 Å². The lowest BCUT2D eigenvalue weighted by atomic mass is 10.3. The highest BCUT2D eigenvalue weighted by molar-refractivity contribution is 8.13. The summed E-state index contributed by atoms with van der Waals surface area (Å²) in [6.07, 6.45) is 0. The predicted octanol–water partition coefficient (Wildman–Crippen LogP) is 1.77. The number of benzene rings is 1. The Morgan fingerprint density at radius 1 is 1.27 bits per heavy atom. The molecule has 0 aliphatic rings. The van der Waals surface area contributed by atoms with E-state index >= 15 is 0 Å². The number of methoxy groups -OCH3 is 2. The highest BCUT2D eigenvalue weighted by atomic mass is 35.7. The Balaban J connectivity index is 3.52. The monoisotopic (exact) mass is 254 g/mol. The van der Waals surface area contributed by atoms with Gasteiger partial charge >= 0.3 is 0 Å². The van der Waals surface area contributed by atoms with Gasteiger partial charge in [-0.25, -0.2) is 8.42 Å². The zero-order chi connectivity index (χ0) is 11.6.